The molecule has 0 bridgehead atoms. The highest BCUT2D eigenvalue weighted by Gasteiger charge is 1.65. The summed E-state index contributed by atoms with van der Waals surface area (Å²) in [5.74, 6) is 0. The first-order valence-corrected chi connectivity index (χ1v) is 1.59. The lowest BCUT2D eigenvalue weighted by molar-refractivity contribution is -0.426. The van der Waals surface area contributed by atoms with Gasteiger partial charge in [-0.25, -0.2) is 0 Å². The molecule has 0 rings (SSSR count). The van der Waals surface area contributed by atoms with Gasteiger partial charge in [0, 0.05) is 0 Å². The van der Waals surface area contributed by atoms with Gasteiger partial charge in [0.1, 0.15) is 0 Å². The number of hydrogen-bond acceptors (Lipinski definition) is 2. The number of nitro groups is 1. The lowest BCUT2D eigenvalue weighted by Crippen LogP contribution is -1.88. The molecule has 0 radical (unpaired) electrons. The second kappa shape index (κ2) is 5.16. The monoisotopic (exact) mass is 107 g/mol. The molecule has 5 heteroatoms. The molecule has 0 amide bonds. The first kappa shape index (κ1) is 9.48. The van der Waals surface area contributed by atoms with Gasteiger partial charge < -0.3 is 11.6 Å². The summed E-state index contributed by atoms with van der Waals surface area (Å²) in [6.07, 6.45) is 0. The van der Waals surface area contributed by atoms with Gasteiger partial charge in [0.25, 0.3) is 0 Å². The fraction of sp³-hybridized carbons (Fsp3) is 1.00. The van der Waals surface area contributed by atoms with Crippen LogP contribution in [0.15, 0.2) is 0 Å². The third-order valence-corrected chi connectivity index (χ3v) is 0.257. The smallest absolute Gasteiger partial charge is 0.0127 e. The van der Waals surface area contributed by atoms with Gasteiger partial charge in [0.2, 0.25) is 0 Å². The lowest BCUT2D eigenvalue weighted by Gasteiger charge is -1.99. The molecule has 0 aromatic heterocycles. The van der Waals surface area contributed by atoms with Crippen LogP contribution in [0.1, 0.15) is 6.92 Å². The van der Waals surface area contributed by atoms with E-state index in [0.29, 0.717) is 0 Å². The fourth-order valence-electron chi connectivity index (χ4n) is 0.115. The van der Waals surface area contributed by atoms with Crippen molar-refractivity contribution in [3.63, 3.8) is 0 Å². The normalized spacial score (nSPS) is 6.43. The summed E-state index contributed by atoms with van der Waals surface area (Å²) in [5.41, 5.74) is 2.85. The predicted molar refractivity (Wildman–Crippen MR) is 26.9 cm³/mol. The zero-order valence-electron chi connectivity index (χ0n) is 4.42. The highest BCUT2D eigenvalue weighted by Crippen LogP contribution is 1.79. The average Bonchev–Trinajstić information content (AvgIpc) is 1.35. The number of hydrogen-bond donors (Lipinski definition) is 1. The third-order valence-electron chi connectivity index (χ3n) is 0.257. The summed E-state index contributed by atoms with van der Waals surface area (Å²) in [4.78, 5) is 9.24. The van der Waals surface area contributed by atoms with Crippen molar-refractivity contribution in [1.29, 1.82) is 0 Å². The van der Waals surface area contributed by atoms with Crippen LogP contribution in [0.2, 0.25) is 0 Å². The molecule has 5 nitrogen and oxygen atoms in total. The molecule has 0 fully saturated rings. The average molecular weight is 107 g/mol. The van der Waals surface area contributed by atoms with E-state index in [1.165, 1.54) is 0 Å². The minimum atomic E-state index is -0.694. The number of nitrogens with zero attached hydrogens (tertiary/aromatic N) is 2. The molecule has 0 unspecified atom stereocenters. The van der Waals surface area contributed by atoms with E-state index in [0.717, 1.165) is 0 Å². The molecule has 0 heterocycles. The summed E-state index contributed by atoms with van der Waals surface area (Å²) in [6, 6.07) is 0. The van der Waals surface area contributed by atoms with E-state index in [9.17, 15) is 10.1 Å². The molecule has 0 saturated carbocycles. The van der Waals surface area contributed by atoms with Gasteiger partial charge in [-0.2, -0.15) is 0 Å². The van der Waals surface area contributed by atoms with Crippen molar-refractivity contribution in [2.45, 2.75) is 6.92 Å². The van der Waals surface area contributed by atoms with Gasteiger partial charge in [-0.15, -0.1) is 0 Å². The molecule has 0 aromatic rings. The molecule has 0 aliphatic carbocycles. The van der Waals surface area contributed by atoms with E-state index >= 15 is 0 Å². The Morgan fingerprint density at radius 1 is 1.86 bits per heavy atom. The van der Waals surface area contributed by atoms with E-state index < -0.39 is 5.03 Å². The third kappa shape index (κ3) is 11.0. The van der Waals surface area contributed by atoms with E-state index in [4.69, 9.17) is 0 Å². The van der Waals surface area contributed by atoms with Gasteiger partial charge in [0.15, 0.2) is 0 Å². The van der Waals surface area contributed by atoms with E-state index in [1.54, 1.807) is 6.92 Å². The first-order valence-electron chi connectivity index (χ1n) is 1.59. The molecule has 0 aromatic carbocycles. The SMILES string of the molecule is CC[N-][N+](=O)[O-].[NH4+]. The van der Waals surface area contributed by atoms with Crippen LogP contribution in [0.5, 0.6) is 0 Å². The van der Waals surface area contributed by atoms with Gasteiger partial charge in [0.05, 0.1) is 0 Å². The molecule has 0 atom stereocenters. The van der Waals surface area contributed by atoms with Crippen molar-refractivity contribution < 1.29 is 5.03 Å². The van der Waals surface area contributed by atoms with Crippen LogP contribution in [0.25, 0.3) is 5.43 Å². The van der Waals surface area contributed by atoms with Crippen molar-refractivity contribution in [2.24, 2.45) is 0 Å². The van der Waals surface area contributed by atoms with E-state index in [-0.39, 0.29) is 12.7 Å². The Balaban J connectivity index is 0. The number of quaternary nitrogens is 1. The predicted octanol–water partition coefficient (Wildman–Crippen LogP) is 0.948. The Bertz CT molecular complexity index is 54.9. The summed E-state index contributed by atoms with van der Waals surface area (Å²) >= 11 is 0. The first-order chi connectivity index (χ1) is 2.77. The molecule has 44 valence electrons. The zero-order chi connectivity index (χ0) is 4.99. The summed E-state index contributed by atoms with van der Waals surface area (Å²) < 4.78 is 0. The van der Waals surface area contributed by atoms with Gasteiger partial charge in [-0.1, -0.05) is 13.5 Å². The minimum Gasteiger partial charge on any atom is -0.379 e. The largest absolute Gasteiger partial charge is 0.379 e. The zero-order valence-corrected chi connectivity index (χ0v) is 4.42. The van der Waals surface area contributed by atoms with Crippen LogP contribution in [0.4, 0.5) is 0 Å². The summed E-state index contributed by atoms with van der Waals surface area (Å²) in [6.45, 7) is 1.87. The van der Waals surface area contributed by atoms with Gasteiger partial charge in [-0.3, -0.25) is 10.1 Å². The summed E-state index contributed by atoms with van der Waals surface area (Å²) in [7, 11) is 0. The molecular formula is C2H9N3O2. The quantitative estimate of drug-likeness (QED) is 0.420. The van der Waals surface area contributed by atoms with Gasteiger partial charge in [-0.05, 0) is 5.03 Å². The fourth-order valence-corrected chi connectivity index (χ4v) is 0.115. The van der Waals surface area contributed by atoms with Crippen molar-refractivity contribution in [3.05, 3.63) is 15.5 Å². The molecular weight excluding hydrogens is 98.0 g/mol. The summed E-state index contributed by atoms with van der Waals surface area (Å²) in [5, 5.41) is 8.54. The maximum Gasteiger partial charge on any atom is -0.0127 e. The van der Waals surface area contributed by atoms with Crippen LogP contribution >= 0.6 is 0 Å². The van der Waals surface area contributed by atoms with Crippen LogP contribution in [-0.4, -0.2) is 11.6 Å². The van der Waals surface area contributed by atoms with Crippen molar-refractivity contribution >= 4 is 0 Å². The highest BCUT2D eigenvalue weighted by atomic mass is 16.7. The maximum atomic E-state index is 9.24. The molecule has 0 aliphatic heterocycles. The second-order valence-corrected chi connectivity index (χ2v) is 0.695. The Labute approximate surface area is 41.4 Å². The molecule has 4 N–H and O–H groups in total. The van der Waals surface area contributed by atoms with E-state index in [2.05, 4.69) is 5.43 Å². The van der Waals surface area contributed by atoms with Crippen molar-refractivity contribution in [3.8, 4) is 0 Å². The van der Waals surface area contributed by atoms with Crippen LogP contribution in [0.3, 0.4) is 0 Å². The Morgan fingerprint density at radius 2 is 2.29 bits per heavy atom. The molecule has 0 saturated heterocycles. The van der Waals surface area contributed by atoms with Crippen LogP contribution < -0.4 is 6.15 Å². The number of rotatable bonds is 2. The lowest BCUT2D eigenvalue weighted by atomic mass is 10.8. The van der Waals surface area contributed by atoms with E-state index in [1.807, 2.05) is 0 Å². The molecule has 7 heavy (non-hydrogen) atoms. The highest BCUT2D eigenvalue weighted by molar-refractivity contribution is 4.50. The van der Waals surface area contributed by atoms with Crippen molar-refractivity contribution in [2.75, 3.05) is 6.54 Å². The Kier molecular flexibility index (Phi) is 6.99. The second-order valence-electron chi connectivity index (χ2n) is 0.695. The van der Waals surface area contributed by atoms with Gasteiger partial charge >= 0.3 is 0 Å². The maximum absolute atomic E-state index is 9.24. The standard InChI is InChI=1S/C2H5N2O2.H3N/c1-2-3-4(5)6;/h2H2,1H3;1H3/q-1;/p+1. The van der Waals surface area contributed by atoms with Crippen molar-refractivity contribution in [1.82, 2.24) is 6.15 Å². The minimum absolute atomic E-state index is 0. The Morgan fingerprint density at radius 3 is 2.29 bits per heavy atom. The topological polar surface area (TPSA) is 93.7 Å². The van der Waals surface area contributed by atoms with Crippen LogP contribution in [-0.2, 0) is 0 Å². The van der Waals surface area contributed by atoms with Crippen LogP contribution in [0, 0.1) is 10.1 Å². The molecule has 0 aliphatic rings. The molecule has 0 spiro atoms. The Hall–Kier alpha value is -0.840.